The van der Waals surface area contributed by atoms with Gasteiger partial charge in [-0.05, 0) is 19.2 Å². The van der Waals surface area contributed by atoms with E-state index in [0.29, 0.717) is 6.54 Å². The molecule has 20 heavy (non-hydrogen) atoms. The van der Waals surface area contributed by atoms with E-state index in [9.17, 15) is 9.18 Å². The van der Waals surface area contributed by atoms with E-state index in [2.05, 4.69) is 24.1 Å². The van der Waals surface area contributed by atoms with Gasteiger partial charge in [0.1, 0.15) is 11.6 Å². The molecule has 0 saturated carbocycles. The third kappa shape index (κ3) is 4.09. The molecule has 0 spiro atoms. The molecule has 0 aliphatic rings. The molecule has 0 unspecified atom stereocenters. The second-order valence-electron chi connectivity index (χ2n) is 4.36. The van der Waals surface area contributed by atoms with E-state index in [1.54, 1.807) is 0 Å². The lowest BCUT2D eigenvalue weighted by molar-refractivity contribution is 0.0946. The van der Waals surface area contributed by atoms with Crippen LogP contribution in [0.15, 0.2) is 12.1 Å². The van der Waals surface area contributed by atoms with Gasteiger partial charge in [-0.25, -0.2) is 4.39 Å². The minimum absolute atomic E-state index is 0.0697. The Kier molecular flexibility index (Phi) is 6.24. The van der Waals surface area contributed by atoms with Gasteiger partial charge in [-0.3, -0.25) is 4.79 Å². The smallest absolute Gasteiger partial charge is 0.255 e. The average molecular weight is 283 g/mol. The molecule has 0 aliphatic heterocycles. The van der Waals surface area contributed by atoms with Crippen molar-refractivity contribution in [1.29, 1.82) is 0 Å². The first-order valence-electron chi connectivity index (χ1n) is 6.67. The normalized spacial score (nSPS) is 10.7. The van der Waals surface area contributed by atoms with Gasteiger partial charge in [-0.2, -0.15) is 0 Å². The highest BCUT2D eigenvalue weighted by atomic mass is 19.1. The Morgan fingerprint density at radius 1 is 1.40 bits per heavy atom. The zero-order valence-corrected chi connectivity index (χ0v) is 12.2. The Morgan fingerprint density at radius 3 is 2.60 bits per heavy atom. The minimum Gasteiger partial charge on any atom is -0.496 e. The number of halogens is 1. The van der Waals surface area contributed by atoms with Crippen LogP contribution >= 0.6 is 0 Å². The predicted octanol–water partition coefficient (Wildman–Crippen LogP) is 1.49. The maximum absolute atomic E-state index is 13.3. The molecule has 3 N–H and O–H groups in total. The van der Waals surface area contributed by atoms with Gasteiger partial charge in [0.15, 0.2) is 0 Å². The molecule has 0 bridgehead atoms. The van der Waals surface area contributed by atoms with Gasteiger partial charge < -0.3 is 20.7 Å². The van der Waals surface area contributed by atoms with Crippen LogP contribution < -0.4 is 15.8 Å². The summed E-state index contributed by atoms with van der Waals surface area (Å²) in [5.74, 6) is -0.737. The number of nitrogens with zero attached hydrogens (tertiary/aromatic N) is 1. The zero-order valence-electron chi connectivity index (χ0n) is 12.2. The third-order valence-electron chi connectivity index (χ3n) is 3.17. The van der Waals surface area contributed by atoms with Crippen LogP contribution in [0.1, 0.15) is 24.2 Å². The molecule has 1 aromatic rings. The summed E-state index contributed by atoms with van der Waals surface area (Å²) in [7, 11) is 1.39. The number of anilines is 1. The second-order valence-corrected chi connectivity index (χ2v) is 4.36. The fraction of sp³-hybridized carbons (Fsp3) is 0.500. The Morgan fingerprint density at radius 2 is 2.05 bits per heavy atom. The summed E-state index contributed by atoms with van der Waals surface area (Å²) in [6.07, 6.45) is 0. The summed E-state index contributed by atoms with van der Waals surface area (Å²) in [5.41, 5.74) is 5.66. The van der Waals surface area contributed by atoms with Gasteiger partial charge >= 0.3 is 0 Å². The van der Waals surface area contributed by atoms with Gasteiger partial charge in [0.05, 0.1) is 18.4 Å². The van der Waals surface area contributed by atoms with Crippen molar-refractivity contribution in [2.45, 2.75) is 13.8 Å². The monoisotopic (exact) mass is 283 g/mol. The number of hydrogen-bond donors (Lipinski definition) is 2. The van der Waals surface area contributed by atoms with Gasteiger partial charge in [-0.1, -0.05) is 13.8 Å². The standard InChI is InChI=1S/C14H22FN3O2/c1-4-18(5-2)7-6-17-14(19)10-8-12(16)11(15)9-13(10)20-3/h8-9H,4-7,16H2,1-3H3,(H,17,19). The first-order valence-corrected chi connectivity index (χ1v) is 6.67. The van der Waals surface area contributed by atoms with Crippen LogP contribution in [-0.2, 0) is 0 Å². The Bertz CT molecular complexity index is 462. The van der Waals surface area contributed by atoms with Crippen LogP contribution in [0.5, 0.6) is 5.75 Å². The highest BCUT2D eigenvalue weighted by Gasteiger charge is 2.15. The van der Waals surface area contributed by atoms with Crippen molar-refractivity contribution in [3.05, 3.63) is 23.5 Å². The van der Waals surface area contributed by atoms with Crippen LogP contribution in [-0.4, -0.2) is 44.1 Å². The number of nitrogens with one attached hydrogen (secondary N) is 1. The van der Waals surface area contributed by atoms with E-state index >= 15 is 0 Å². The van der Waals surface area contributed by atoms with Crippen molar-refractivity contribution in [3.8, 4) is 5.75 Å². The maximum atomic E-state index is 13.3. The fourth-order valence-electron chi connectivity index (χ4n) is 1.88. The Hall–Kier alpha value is -1.82. The molecule has 1 aromatic carbocycles. The Balaban J connectivity index is 2.70. The van der Waals surface area contributed by atoms with E-state index in [1.165, 1.54) is 13.2 Å². The lowest BCUT2D eigenvalue weighted by atomic mass is 10.1. The number of benzene rings is 1. The van der Waals surface area contributed by atoms with E-state index in [-0.39, 0.29) is 22.9 Å². The highest BCUT2D eigenvalue weighted by Crippen LogP contribution is 2.24. The zero-order chi connectivity index (χ0) is 15.1. The topological polar surface area (TPSA) is 67.6 Å². The molecular formula is C14H22FN3O2. The van der Waals surface area contributed by atoms with Crippen LogP contribution in [0.2, 0.25) is 0 Å². The van der Waals surface area contributed by atoms with E-state index in [0.717, 1.165) is 25.7 Å². The number of methoxy groups -OCH3 is 1. The first-order chi connectivity index (χ1) is 9.53. The Labute approximate surface area is 118 Å². The molecule has 0 radical (unpaired) electrons. The number of hydrogen-bond acceptors (Lipinski definition) is 4. The van der Waals surface area contributed by atoms with Crippen molar-refractivity contribution in [3.63, 3.8) is 0 Å². The highest BCUT2D eigenvalue weighted by molar-refractivity contribution is 5.97. The molecule has 0 aliphatic carbocycles. The summed E-state index contributed by atoms with van der Waals surface area (Å²) in [6.45, 7) is 7.26. The minimum atomic E-state index is -0.596. The summed E-state index contributed by atoms with van der Waals surface area (Å²) in [6, 6.07) is 2.41. The van der Waals surface area contributed by atoms with Crippen LogP contribution in [0.4, 0.5) is 10.1 Å². The van der Waals surface area contributed by atoms with Gasteiger partial charge in [0, 0.05) is 19.2 Å². The average Bonchev–Trinajstić information content (AvgIpc) is 2.45. The largest absolute Gasteiger partial charge is 0.496 e. The molecule has 0 aromatic heterocycles. The molecule has 0 heterocycles. The molecule has 112 valence electrons. The van der Waals surface area contributed by atoms with Crippen LogP contribution in [0, 0.1) is 5.82 Å². The number of rotatable bonds is 7. The number of amides is 1. The van der Waals surface area contributed by atoms with Gasteiger partial charge in [0.25, 0.3) is 5.91 Å². The van der Waals surface area contributed by atoms with Gasteiger partial charge in [0.2, 0.25) is 0 Å². The molecule has 1 amide bonds. The SMILES string of the molecule is CCN(CC)CCNC(=O)c1cc(N)c(F)cc1OC. The van der Waals surface area contributed by atoms with Crippen LogP contribution in [0.25, 0.3) is 0 Å². The van der Waals surface area contributed by atoms with E-state index < -0.39 is 5.82 Å². The summed E-state index contributed by atoms with van der Waals surface area (Å²) >= 11 is 0. The number of carbonyl (C=O) groups is 1. The summed E-state index contributed by atoms with van der Waals surface area (Å²) in [4.78, 5) is 14.2. The van der Waals surface area contributed by atoms with Crippen molar-refractivity contribution in [2.24, 2.45) is 0 Å². The lowest BCUT2D eigenvalue weighted by Crippen LogP contribution is -2.35. The number of ether oxygens (including phenoxy) is 1. The van der Waals surface area contributed by atoms with E-state index in [1.807, 2.05) is 0 Å². The molecule has 6 heteroatoms. The summed E-state index contributed by atoms with van der Waals surface area (Å²) in [5, 5.41) is 2.78. The second kappa shape index (κ2) is 7.69. The number of carbonyl (C=O) groups excluding carboxylic acids is 1. The molecule has 0 saturated heterocycles. The van der Waals surface area contributed by atoms with E-state index in [4.69, 9.17) is 10.5 Å². The first kappa shape index (κ1) is 16.2. The number of nitrogens with two attached hydrogens (primary N) is 1. The molecule has 1 rings (SSSR count). The van der Waals surface area contributed by atoms with Crippen molar-refractivity contribution in [1.82, 2.24) is 10.2 Å². The number of nitrogen functional groups attached to an aromatic ring is 1. The predicted molar refractivity (Wildman–Crippen MR) is 77.5 cm³/mol. The van der Waals surface area contributed by atoms with Crippen LogP contribution in [0.3, 0.4) is 0 Å². The van der Waals surface area contributed by atoms with Crippen molar-refractivity contribution < 1.29 is 13.9 Å². The maximum Gasteiger partial charge on any atom is 0.255 e. The summed E-state index contributed by atoms with van der Waals surface area (Å²) < 4.78 is 18.3. The van der Waals surface area contributed by atoms with Crippen molar-refractivity contribution >= 4 is 11.6 Å². The third-order valence-corrected chi connectivity index (χ3v) is 3.17. The number of likely N-dealkylation sites (N-methyl/N-ethyl adjacent to an activating group) is 1. The van der Waals surface area contributed by atoms with Gasteiger partial charge in [-0.15, -0.1) is 0 Å². The molecule has 0 fully saturated rings. The molecule has 0 atom stereocenters. The lowest BCUT2D eigenvalue weighted by Gasteiger charge is -2.18. The quantitative estimate of drug-likeness (QED) is 0.744. The van der Waals surface area contributed by atoms with Crippen molar-refractivity contribution in [2.75, 3.05) is 39.0 Å². The molecule has 5 nitrogen and oxygen atoms in total. The molecular weight excluding hydrogens is 261 g/mol. The fourth-order valence-corrected chi connectivity index (χ4v) is 1.88.